The number of rotatable bonds is 3. The van der Waals surface area contributed by atoms with E-state index in [4.69, 9.17) is 0 Å². The van der Waals surface area contributed by atoms with Crippen molar-refractivity contribution in [2.75, 3.05) is 0 Å². The zero-order valence-corrected chi connectivity index (χ0v) is 9.87. The van der Waals surface area contributed by atoms with Gasteiger partial charge in [-0.05, 0) is 20.3 Å². The van der Waals surface area contributed by atoms with E-state index < -0.39 is 36.5 Å². The van der Waals surface area contributed by atoms with Crippen molar-refractivity contribution in [2.45, 2.75) is 51.2 Å². The van der Waals surface area contributed by atoms with Gasteiger partial charge in [0.1, 0.15) is 0 Å². The first-order valence-corrected chi connectivity index (χ1v) is 4.99. The second kappa shape index (κ2) is 5.23. The van der Waals surface area contributed by atoms with Crippen LogP contribution in [0.4, 0.5) is 31.1 Å². The monoisotopic (exact) mass is 281 g/mol. The normalized spacial score (nSPS) is 13.7. The molecule has 3 nitrogen and oxygen atoms in total. The Bertz CT molecular complexity index is 282. The SMILES string of the molecule is CCC(NC(=O)OC(C)C)(C(F)(F)F)C(F)(F)F. The predicted octanol–water partition coefficient (Wildman–Crippen LogP) is 3.39. The minimum atomic E-state index is -5.67. The van der Waals surface area contributed by atoms with Crippen molar-refractivity contribution in [1.82, 2.24) is 5.32 Å². The van der Waals surface area contributed by atoms with Crippen molar-refractivity contribution < 1.29 is 35.9 Å². The second-order valence-corrected chi connectivity index (χ2v) is 3.83. The largest absolute Gasteiger partial charge is 0.447 e. The van der Waals surface area contributed by atoms with Gasteiger partial charge in [0.15, 0.2) is 0 Å². The first-order valence-electron chi connectivity index (χ1n) is 4.99. The average molecular weight is 281 g/mol. The van der Waals surface area contributed by atoms with Gasteiger partial charge in [-0.3, -0.25) is 5.32 Å². The number of carbonyl (C=O) groups excluding carboxylic acids is 1. The molecule has 0 aliphatic carbocycles. The highest BCUT2D eigenvalue weighted by atomic mass is 19.4. The van der Waals surface area contributed by atoms with E-state index in [0.29, 0.717) is 6.92 Å². The van der Waals surface area contributed by atoms with Crippen LogP contribution in [0.1, 0.15) is 27.2 Å². The molecule has 0 bridgehead atoms. The lowest BCUT2D eigenvalue weighted by molar-refractivity contribution is -0.305. The van der Waals surface area contributed by atoms with Crippen LogP contribution >= 0.6 is 0 Å². The van der Waals surface area contributed by atoms with Gasteiger partial charge in [-0.25, -0.2) is 4.79 Å². The number of hydrogen-bond donors (Lipinski definition) is 1. The van der Waals surface area contributed by atoms with Crippen LogP contribution in [0.2, 0.25) is 0 Å². The highest BCUT2D eigenvalue weighted by molar-refractivity contribution is 5.68. The van der Waals surface area contributed by atoms with Gasteiger partial charge in [0.2, 0.25) is 5.54 Å². The van der Waals surface area contributed by atoms with Crippen LogP contribution in [0.15, 0.2) is 0 Å². The topological polar surface area (TPSA) is 38.3 Å². The molecule has 0 atom stereocenters. The van der Waals surface area contributed by atoms with Crippen LogP contribution in [0.5, 0.6) is 0 Å². The molecule has 18 heavy (non-hydrogen) atoms. The van der Waals surface area contributed by atoms with Crippen LogP contribution < -0.4 is 5.32 Å². The Morgan fingerprint density at radius 2 is 1.50 bits per heavy atom. The molecule has 0 aromatic carbocycles. The summed E-state index contributed by atoms with van der Waals surface area (Å²) in [6.45, 7) is 3.28. The Morgan fingerprint density at radius 1 is 1.11 bits per heavy atom. The molecule has 0 radical (unpaired) electrons. The van der Waals surface area contributed by atoms with Gasteiger partial charge in [0.25, 0.3) is 0 Å². The maximum atomic E-state index is 12.6. The van der Waals surface area contributed by atoms with E-state index in [1.165, 1.54) is 13.8 Å². The third-order valence-corrected chi connectivity index (χ3v) is 2.16. The maximum absolute atomic E-state index is 12.6. The smallest absolute Gasteiger partial charge is 0.420 e. The Balaban J connectivity index is 5.31. The summed E-state index contributed by atoms with van der Waals surface area (Å²) in [5.74, 6) is 0. The fraction of sp³-hybridized carbons (Fsp3) is 0.889. The molecule has 0 aliphatic heterocycles. The molecule has 0 unspecified atom stereocenters. The molecule has 0 aromatic rings. The summed E-state index contributed by atoms with van der Waals surface area (Å²) in [6.07, 6.45) is -15.3. The van der Waals surface area contributed by atoms with Crippen molar-refractivity contribution in [2.24, 2.45) is 0 Å². The van der Waals surface area contributed by atoms with Crippen molar-refractivity contribution in [3.63, 3.8) is 0 Å². The number of halogens is 6. The van der Waals surface area contributed by atoms with Crippen LogP contribution in [0.25, 0.3) is 0 Å². The van der Waals surface area contributed by atoms with Crippen LogP contribution in [0, 0.1) is 0 Å². The second-order valence-electron chi connectivity index (χ2n) is 3.83. The molecule has 0 aliphatic rings. The van der Waals surface area contributed by atoms with Gasteiger partial charge >= 0.3 is 18.4 Å². The summed E-state index contributed by atoms with van der Waals surface area (Å²) in [6, 6.07) is 0. The average Bonchev–Trinajstić information content (AvgIpc) is 2.08. The number of ether oxygens (including phenoxy) is 1. The fourth-order valence-corrected chi connectivity index (χ4v) is 1.21. The van der Waals surface area contributed by atoms with E-state index in [1.807, 2.05) is 0 Å². The van der Waals surface area contributed by atoms with Crippen LogP contribution in [-0.2, 0) is 4.74 Å². The summed E-state index contributed by atoms with van der Waals surface area (Å²) in [5.41, 5.74) is -4.30. The third-order valence-electron chi connectivity index (χ3n) is 2.16. The molecule has 0 saturated carbocycles. The standard InChI is InChI=1S/C9H13F6NO2/c1-4-7(8(10,11)12,9(13,14)15)16-6(17)18-5(2)3/h5H,4H2,1-3H3,(H,16,17). The lowest BCUT2D eigenvalue weighted by Crippen LogP contribution is -2.67. The van der Waals surface area contributed by atoms with Gasteiger partial charge in [-0.2, -0.15) is 26.3 Å². The minimum absolute atomic E-state index is 0.677. The van der Waals surface area contributed by atoms with E-state index in [-0.39, 0.29) is 0 Å². The van der Waals surface area contributed by atoms with Crippen molar-refractivity contribution in [3.05, 3.63) is 0 Å². The van der Waals surface area contributed by atoms with Crippen LogP contribution in [0.3, 0.4) is 0 Å². The molecular formula is C9H13F6NO2. The Kier molecular flexibility index (Phi) is 4.90. The van der Waals surface area contributed by atoms with E-state index in [1.54, 1.807) is 0 Å². The summed E-state index contributed by atoms with van der Waals surface area (Å²) in [4.78, 5) is 11.0. The molecule has 1 N–H and O–H groups in total. The van der Waals surface area contributed by atoms with Crippen LogP contribution in [-0.4, -0.2) is 30.1 Å². The number of amides is 1. The van der Waals surface area contributed by atoms with E-state index in [0.717, 1.165) is 5.32 Å². The molecule has 0 rings (SSSR count). The fourth-order valence-electron chi connectivity index (χ4n) is 1.21. The summed E-state index contributed by atoms with van der Waals surface area (Å²) in [7, 11) is 0. The number of alkyl carbamates (subject to hydrolysis) is 1. The zero-order chi connectivity index (χ0) is 14.8. The lowest BCUT2D eigenvalue weighted by atomic mass is 9.94. The first kappa shape index (κ1) is 16.9. The van der Waals surface area contributed by atoms with E-state index in [2.05, 4.69) is 4.74 Å². The van der Waals surface area contributed by atoms with E-state index >= 15 is 0 Å². The molecule has 1 amide bonds. The molecule has 0 fully saturated rings. The minimum Gasteiger partial charge on any atom is -0.447 e. The number of alkyl halides is 6. The lowest BCUT2D eigenvalue weighted by Gasteiger charge is -2.36. The Hall–Kier alpha value is -1.15. The molecule has 9 heteroatoms. The third kappa shape index (κ3) is 3.42. The van der Waals surface area contributed by atoms with Gasteiger partial charge in [-0.1, -0.05) is 6.92 Å². The maximum Gasteiger partial charge on any atom is 0.420 e. The van der Waals surface area contributed by atoms with E-state index in [9.17, 15) is 31.1 Å². The van der Waals surface area contributed by atoms with Gasteiger partial charge < -0.3 is 4.74 Å². The van der Waals surface area contributed by atoms with Crippen molar-refractivity contribution in [1.29, 1.82) is 0 Å². The quantitative estimate of drug-likeness (QED) is 0.805. The summed E-state index contributed by atoms with van der Waals surface area (Å²) >= 11 is 0. The van der Waals surface area contributed by atoms with Crippen molar-refractivity contribution in [3.8, 4) is 0 Å². The molecule has 0 heterocycles. The van der Waals surface area contributed by atoms with Gasteiger partial charge in [0.05, 0.1) is 6.10 Å². The van der Waals surface area contributed by atoms with Crippen molar-refractivity contribution >= 4 is 6.09 Å². The Labute approximate surface area is 99.5 Å². The molecule has 108 valence electrons. The number of carbonyl (C=O) groups is 1. The van der Waals surface area contributed by atoms with Gasteiger partial charge in [0, 0.05) is 0 Å². The molecular weight excluding hydrogens is 268 g/mol. The van der Waals surface area contributed by atoms with Gasteiger partial charge in [-0.15, -0.1) is 0 Å². The first-order chi connectivity index (χ1) is 7.87. The summed E-state index contributed by atoms with van der Waals surface area (Å²) in [5, 5.41) is 0.880. The number of nitrogens with one attached hydrogen (secondary N) is 1. The molecule has 0 spiro atoms. The molecule has 0 saturated heterocycles. The Morgan fingerprint density at radius 3 is 1.72 bits per heavy atom. The number of hydrogen-bond acceptors (Lipinski definition) is 2. The highest BCUT2D eigenvalue weighted by Gasteiger charge is 2.70. The zero-order valence-electron chi connectivity index (χ0n) is 9.87. The predicted molar refractivity (Wildman–Crippen MR) is 49.9 cm³/mol. The summed E-state index contributed by atoms with van der Waals surface area (Å²) < 4.78 is 79.7. The molecule has 0 aromatic heterocycles. The highest BCUT2D eigenvalue weighted by Crippen LogP contribution is 2.45.